The summed E-state index contributed by atoms with van der Waals surface area (Å²) in [4.78, 5) is 13.7. The molecular formula is C22H25N5O4S2. The first-order valence-electron chi connectivity index (χ1n) is 10.6. The number of hydrazone groups is 1. The van der Waals surface area contributed by atoms with Gasteiger partial charge in [-0.15, -0.1) is 0 Å². The standard InChI is InChI=1S/C22H25N5O4S2/c1-14-23-24-20(32-14)27-19-12-17(33(29,30)25-22(2)10-11-22)8-9-18(19)26(21(27)28)13-15-4-6-16(31-3)7-5-15/h4-9,12,20,24-25H,10-11,13H2,1-3H3. The van der Waals surface area contributed by atoms with Crippen LogP contribution in [0.3, 0.4) is 0 Å². The van der Waals surface area contributed by atoms with Crippen molar-refractivity contribution in [2.75, 3.05) is 7.11 Å². The molecule has 1 aliphatic carbocycles. The summed E-state index contributed by atoms with van der Waals surface area (Å²) in [6.45, 7) is 4.09. The monoisotopic (exact) mass is 487 g/mol. The van der Waals surface area contributed by atoms with E-state index in [9.17, 15) is 13.2 Å². The van der Waals surface area contributed by atoms with Crippen molar-refractivity contribution in [2.24, 2.45) is 5.10 Å². The number of benzene rings is 2. The summed E-state index contributed by atoms with van der Waals surface area (Å²) >= 11 is 1.41. The maximum Gasteiger partial charge on any atom is 0.331 e. The smallest absolute Gasteiger partial charge is 0.331 e. The molecule has 9 nitrogen and oxygen atoms in total. The summed E-state index contributed by atoms with van der Waals surface area (Å²) in [5.74, 6) is 0.736. The van der Waals surface area contributed by atoms with Gasteiger partial charge < -0.3 is 4.74 Å². The van der Waals surface area contributed by atoms with E-state index in [1.54, 1.807) is 34.4 Å². The third kappa shape index (κ3) is 4.16. The van der Waals surface area contributed by atoms with Gasteiger partial charge in [-0.25, -0.2) is 17.9 Å². The van der Waals surface area contributed by atoms with Gasteiger partial charge in [0.2, 0.25) is 10.0 Å². The van der Waals surface area contributed by atoms with Crippen LogP contribution in [0.15, 0.2) is 57.3 Å². The molecule has 1 fully saturated rings. The minimum atomic E-state index is -3.71. The molecule has 5 rings (SSSR count). The highest BCUT2D eigenvalue weighted by Gasteiger charge is 2.41. The highest BCUT2D eigenvalue weighted by molar-refractivity contribution is 8.14. The molecule has 3 aromatic rings. The quantitative estimate of drug-likeness (QED) is 0.531. The molecule has 2 aliphatic rings. The Morgan fingerprint density at radius 3 is 2.55 bits per heavy atom. The normalized spacial score (nSPS) is 19.4. The third-order valence-electron chi connectivity index (χ3n) is 5.97. The Kier molecular flexibility index (Phi) is 5.30. The lowest BCUT2D eigenvalue weighted by Crippen LogP contribution is -2.34. The van der Waals surface area contributed by atoms with Crippen LogP contribution in [0.5, 0.6) is 5.75 Å². The number of imidazole rings is 1. The first-order chi connectivity index (χ1) is 15.7. The van der Waals surface area contributed by atoms with Crippen molar-refractivity contribution in [1.29, 1.82) is 0 Å². The summed E-state index contributed by atoms with van der Waals surface area (Å²) in [7, 11) is -2.11. The van der Waals surface area contributed by atoms with Crippen molar-refractivity contribution < 1.29 is 13.2 Å². The van der Waals surface area contributed by atoms with Crippen LogP contribution < -0.4 is 20.6 Å². The molecular weight excluding hydrogens is 462 g/mol. The van der Waals surface area contributed by atoms with Crippen LogP contribution in [-0.2, 0) is 16.6 Å². The molecule has 1 atom stereocenters. The molecule has 2 N–H and O–H groups in total. The van der Waals surface area contributed by atoms with E-state index in [0.717, 1.165) is 29.2 Å². The van der Waals surface area contributed by atoms with Crippen LogP contribution in [0.25, 0.3) is 11.0 Å². The Bertz CT molecular complexity index is 1420. The minimum absolute atomic E-state index is 0.138. The Morgan fingerprint density at radius 2 is 1.94 bits per heavy atom. The van der Waals surface area contributed by atoms with Gasteiger partial charge in [-0.05, 0) is 62.6 Å². The molecule has 1 unspecified atom stereocenters. The van der Waals surface area contributed by atoms with E-state index in [1.165, 1.54) is 11.8 Å². The van der Waals surface area contributed by atoms with Gasteiger partial charge in [-0.1, -0.05) is 23.9 Å². The number of methoxy groups -OCH3 is 1. The van der Waals surface area contributed by atoms with Gasteiger partial charge in [0.05, 0.1) is 34.6 Å². The van der Waals surface area contributed by atoms with E-state index in [4.69, 9.17) is 4.74 Å². The summed E-state index contributed by atoms with van der Waals surface area (Å²) in [6.07, 6.45) is 1.63. The van der Waals surface area contributed by atoms with E-state index >= 15 is 0 Å². The van der Waals surface area contributed by atoms with Gasteiger partial charge >= 0.3 is 5.69 Å². The fourth-order valence-electron chi connectivity index (χ4n) is 3.86. The Morgan fingerprint density at radius 1 is 1.21 bits per heavy atom. The predicted molar refractivity (Wildman–Crippen MR) is 129 cm³/mol. The van der Waals surface area contributed by atoms with Crippen molar-refractivity contribution in [3.05, 3.63) is 58.5 Å². The van der Waals surface area contributed by atoms with Gasteiger partial charge in [-0.3, -0.25) is 14.6 Å². The number of thioether (sulfide) groups is 1. The number of hydrogen-bond donors (Lipinski definition) is 2. The van der Waals surface area contributed by atoms with Crippen LogP contribution >= 0.6 is 11.8 Å². The molecule has 1 aliphatic heterocycles. The molecule has 2 heterocycles. The molecule has 1 saturated carbocycles. The fraction of sp³-hybridized carbons (Fsp3) is 0.364. The Labute approximate surface area is 195 Å². The van der Waals surface area contributed by atoms with Crippen molar-refractivity contribution in [3.8, 4) is 5.75 Å². The number of ether oxygens (including phenoxy) is 1. The molecule has 0 radical (unpaired) electrons. The van der Waals surface area contributed by atoms with Crippen molar-refractivity contribution in [2.45, 2.75) is 49.2 Å². The number of nitrogens with zero attached hydrogens (tertiary/aromatic N) is 3. The number of rotatable bonds is 7. The zero-order valence-electron chi connectivity index (χ0n) is 18.5. The SMILES string of the molecule is COc1ccc(Cn2c(=O)n(C3NN=C(C)S3)c3cc(S(=O)(=O)NC4(C)CC4)ccc32)cc1. The van der Waals surface area contributed by atoms with E-state index in [2.05, 4.69) is 15.2 Å². The third-order valence-corrected chi connectivity index (χ3v) is 8.58. The average Bonchev–Trinajstić information content (AvgIpc) is 3.23. The number of nitrogens with one attached hydrogen (secondary N) is 2. The molecule has 174 valence electrons. The highest BCUT2D eigenvalue weighted by atomic mass is 32.2. The largest absolute Gasteiger partial charge is 0.497 e. The number of fused-ring (bicyclic) bond motifs is 1. The summed E-state index contributed by atoms with van der Waals surface area (Å²) in [5, 5.41) is 5.00. The summed E-state index contributed by atoms with van der Waals surface area (Å²) < 4.78 is 37.2. The van der Waals surface area contributed by atoms with Gasteiger partial charge in [0, 0.05) is 5.54 Å². The maximum absolute atomic E-state index is 13.5. The lowest BCUT2D eigenvalue weighted by atomic mass is 10.2. The van der Waals surface area contributed by atoms with Gasteiger partial charge in [0.1, 0.15) is 5.75 Å². The van der Waals surface area contributed by atoms with E-state index in [1.807, 2.05) is 38.1 Å². The van der Waals surface area contributed by atoms with Crippen molar-refractivity contribution >= 4 is 37.9 Å². The molecule has 1 aromatic heterocycles. The predicted octanol–water partition coefficient (Wildman–Crippen LogP) is 2.82. The number of sulfonamides is 1. The first kappa shape index (κ1) is 22.1. The molecule has 33 heavy (non-hydrogen) atoms. The molecule has 11 heteroatoms. The second kappa shape index (κ2) is 7.93. The van der Waals surface area contributed by atoms with E-state index in [0.29, 0.717) is 17.6 Å². The zero-order chi connectivity index (χ0) is 23.4. The van der Waals surface area contributed by atoms with E-state index < -0.39 is 15.5 Å². The first-order valence-corrected chi connectivity index (χ1v) is 12.9. The highest BCUT2D eigenvalue weighted by Crippen LogP contribution is 2.36. The Hall–Kier alpha value is -2.76. The minimum Gasteiger partial charge on any atom is -0.497 e. The molecule has 0 amide bonds. The van der Waals surface area contributed by atoms with Gasteiger partial charge in [0.25, 0.3) is 0 Å². The van der Waals surface area contributed by atoms with Crippen LogP contribution in [0.1, 0.15) is 37.8 Å². The lowest BCUT2D eigenvalue weighted by molar-refractivity contribution is 0.414. The van der Waals surface area contributed by atoms with E-state index in [-0.39, 0.29) is 16.1 Å². The van der Waals surface area contributed by atoms with Gasteiger partial charge in [-0.2, -0.15) is 5.10 Å². The fourth-order valence-corrected chi connectivity index (χ4v) is 6.19. The Balaban J connectivity index is 1.61. The average molecular weight is 488 g/mol. The second-order valence-electron chi connectivity index (χ2n) is 8.63. The van der Waals surface area contributed by atoms with Crippen molar-refractivity contribution in [3.63, 3.8) is 0 Å². The lowest BCUT2D eigenvalue weighted by Gasteiger charge is -2.14. The number of hydrogen-bond acceptors (Lipinski definition) is 7. The molecule has 0 spiro atoms. The maximum atomic E-state index is 13.5. The van der Waals surface area contributed by atoms with Crippen LogP contribution in [0.2, 0.25) is 0 Å². The molecule has 0 bridgehead atoms. The summed E-state index contributed by atoms with van der Waals surface area (Å²) in [6, 6.07) is 12.3. The van der Waals surface area contributed by atoms with Crippen LogP contribution in [0.4, 0.5) is 0 Å². The summed E-state index contributed by atoms with van der Waals surface area (Å²) in [5.41, 5.74) is 4.00. The van der Waals surface area contributed by atoms with Gasteiger partial charge in [0.15, 0.2) is 5.50 Å². The van der Waals surface area contributed by atoms with Crippen LogP contribution in [-0.4, -0.2) is 35.2 Å². The van der Waals surface area contributed by atoms with Crippen molar-refractivity contribution in [1.82, 2.24) is 19.3 Å². The molecule has 0 saturated heterocycles. The number of aromatic nitrogens is 2. The zero-order valence-corrected chi connectivity index (χ0v) is 20.2. The second-order valence-corrected chi connectivity index (χ2v) is 11.6. The van der Waals surface area contributed by atoms with Crippen LogP contribution in [0, 0.1) is 0 Å². The molecule has 2 aromatic carbocycles. The topological polar surface area (TPSA) is 107 Å².